The van der Waals surface area contributed by atoms with Gasteiger partial charge in [0.2, 0.25) is 17.7 Å². The number of rotatable bonds is 4. The van der Waals surface area contributed by atoms with Crippen LogP contribution in [0.5, 0.6) is 0 Å². The van der Waals surface area contributed by atoms with Gasteiger partial charge in [-0.1, -0.05) is 5.57 Å². The predicted molar refractivity (Wildman–Crippen MR) is 80.7 cm³/mol. The molecule has 3 aliphatic rings. The van der Waals surface area contributed by atoms with Crippen molar-refractivity contribution in [1.29, 1.82) is 0 Å². The van der Waals surface area contributed by atoms with E-state index in [4.69, 9.17) is 0 Å². The Morgan fingerprint density at radius 2 is 1.86 bits per heavy atom. The van der Waals surface area contributed by atoms with Gasteiger partial charge in [0.05, 0.1) is 12.0 Å². The fraction of sp³-hybridized carbons (Fsp3) is 0.688. The van der Waals surface area contributed by atoms with Gasteiger partial charge in [0, 0.05) is 39.2 Å². The molecule has 1 N–H and O–H groups in total. The third-order valence-corrected chi connectivity index (χ3v) is 4.96. The van der Waals surface area contributed by atoms with Crippen molar-refractivity contribution < 1.29 is 14.4 Å². The molecule has 0 aromatic carbocycles. The van der Waals surface area contributed by atoms with Gasteiger partial charge < -0.3 is 15.1 Å². The summed E-state index contributed by atoms with van der Waals surface area (Å²) in [6, 6.07) is 0.0701. The van der Waals surface area contributed by atoms with E-state index in [0.717, 1.165) is 0 Å². The zero-order valence-electron chi connectivity index (χ0n) is 13.2. The number of allylic oxidation sites excluding steroid dienone is 1. The molecule has 2 heterocycles. The minimum Gasteiger partial charge on any atom is -0.359 e. The lowest BCUT2D eigenvalue weighted by molar-refractivity contribution is -0.141. The van der Waals surface area contributed by atoms with Crippen molar-refractivity contribution in [2.75, 3.05) is 26.7 Å². The number of hydrogen-bond donors (Lipinski definition) is 1. The van der Waals surface area contributed by atoms with Crippen molar-refractivity contribution in [1.82, 2.24) is 15.1 Å². The van der Waals surface area contributed by atoms with Crippen molar-refractivity contribution in [3.05, 3.63) is 11.6 Å². The minimum absolute atomic E-state index is 0.0235. The van der Waals surface area contributed by atoms with E-state index < -0.39 is 0 Å². The van der Waals surface area contributed by atoms with E-state index in [1.54, 1.807) is 22.9 Å². The maximum atomic E-state index is 12.1. The molecular formula is C16H23N3O3. The summed E-state index contributed by atoms with van der Waals surface area (Å²) in [4.78, 5) is 39.3. The fourth-order valence-corrected chi connectivity index (χ4v) is 3.24. The molecule has 1 unspecified atom stereocenters. The largest absolute Gasteiger partial charge is 0.359 e. The summed E-state index contributed by atoms with van der Waals surface area (Å²) in [5, 5.41) is 2.60. The molecule has 2 saturated heterocycles. The lowest BCUT2D eigenvalue weighted by atomic mass is 10.1. The first-order valence-corrected chi connectivity index (χ1v) is 7.97. The lowest BCUT2D eigenvalue weighted by Crippen LogP contribution is -2.61. The number of hydrogen-bond acceptors (Lipinski definition) is 3. The van der Waals surface area contributed by atoms with E-state index in [0.29, 0.717) is 25.6 Å². The smallest absolute Gasteiger partial charge is 0.246 e. The molecule has 22 heavy (non-hydrogen) atoms. The van der Waals surface area contributed by atoms with E-state index in [2.05, 4.69) is 5.32 Å². The summed E-state index contributed by atoms with van der Waals surface area (Å²) in [6.45, 7) is 3.66. The Bertz CT molecular complexity index is 533. The van der Waals surface area contributed by atoms with Gasteiger partial charge in [0.25, 0.3) is 0 Å². The second kappa shape index (κ2) is 5.74. The average molecular weight is 305 g/mol. The normalized spacial score (nSPS) is 26.2. The van der Waals surface area contributed by atoms with Gasteiger partial charge in [0.15, 0.2) is 0 Å². The van der Waals surface area contributed by atoms with Gasteiger partial charge >= 0.3 is 0 Å². The maximum Gasteiger partial charge on any atom is 0.246 e. The molecule has 120 valence electrons. The van der Waals surface area contributed by atoms with Crippen LogP contribution >= 0.6 is 0 Å². The summed E-state index contributed by atoms with van der Waals surface area (Å²) in [5.74, 6) is 0.352. The molecule has 1 saturated carbocycles. The molecule has 3 rings (SSSR count). The SMILES string of the molecule is CNC(=O)C1CC(=O)N(C2CN(C(=O)/C=C(\C)C3CC3)C2)C1. The summed E-state index contributed by atoms with van der Waals surface area (Å²) in [5.41, 5.74) is 1.17. The van der Waals surface area contributed by atoms with Gasteiger partial charge in [-0.15, -0.1) is 0 Å². The van der Waals surface area contributed by atoms with Crippen LogP contribution in [0.15, 0.2) is 11.6 Å². The highest BCUT2D eigenvalue weighted by molar-refractivity contribution is 5.91. The first kappa shape index (κ1) is 15.1. The van der Waals surface area contributed by atoms with Gasteiger partial charge in [-0.3, -0.25) is 14.4 Å². The monoisotopic (exact) mass is 305 g/mol. The molecule has 6 heteroatoms. The fourth-order valence-electron chi connectivity index (χ4n) is 3.24. The number of carbonyl (C=O) groups is 3. The minimum atomic E-state index is -0.251. The van der Waals surface area contributed by atoms with E-state index in [1.807, 2.05) is 6.92 Å². The Morgan fingerprint density at radius 1 is 1.18 bits per heavy atom. The van der Waals surface area contributed by atoms with Gasteiger partial charge in [-0.05, 0) is 25.7 Å². The molecule has 0 spiro atoms. The molecule has 6 nitrogen and oxygen atoms in total. The highest BCUT2D eigenvalue weighted by Crippen LogP contribution is 2.36. The summed E-state index contributed by atoms with van der Waals surface area (Å²) >= 11 is 0. The number of nitrogens with zero attached hydrogens (tertiary/aromatic N) is 2. The lowest BCUT2D eigenvalue weighted by Gasteiger charge is -2.43. The Hall–Kier alpha value is -1.85. The molecule has 1 atom stereocenters. The third kappa shape index (κ3) is 2.87. The van der Waals surface area contributed by atoms with Crippen molar-refractivity contribution in [2.24, 2.45) is 11.8 Å². The van der Waals surface area contributed by atoms with E-state index in [1.165, 1.54) is 18.4 Å². The maximum absolute atomic E-state index is 12.1. The van der Waals surface area contributed by atoms with Gasteiger partial charge in [0.1, 0.15) is 0 Å². The Labute approximate surface area is 130 Å². The van der Waals surface area contributed by atoms with Crippen molar-refractivity contribution in [3.63, 3.8) is 0 Å². The molecule has 0 radical (unpaired) electrons. The quantitative estimate of drug-likeness (QED) is 0.752. The van der Waals surface area contributed by atoms with Crippen LogP contribution in [0.3, 0.4) is 0 Å². The third-order valence-electron chi connectivity index (χ3n) is 4.96. The molecule has 2 aliphatic heterocycles. The summed E-state index contributed by atoms with van der Waals surface area (Å²) in [7, 11) is 1.59. The second-order valence-corrected chi connectivity index (χ2v) is 6.62. The van der Waals surface area contributed by atoms with Crippen LogP contribution in [-0.2, 0) is 14.4 Å². The van der Waals surface area contributed by atoms with Crippen LogP contribution < -0.4 is 5.32 Å². The molecule has 0 aromatic heterocycles. The highest BCUT2D eigenvalue weighted by Gasteiger charge is 2.43. The van der Waals surface area contributed by atoms with Crippen LogP contribution in [-0.4, -0.2) is 60.2 Å². The van der Waals surface area contributed by atoms with Gasteiger partial charge in [-0.2, -0.15) is 0 Å². The van der Waals surface area contributed by atoms with Crippen LogP contribution in [0.4, 0.5) is 0 Å². The van der Waals surface area contributed by atoms with E-state index in [-0.39, 0.29) is 36.1 Å². The first-order chi connectivity index (χ1) is 10.5. The van der Waals surface area contributed by atoms with Crippen LogP contribution in [0.2, 0.25) is 0 Å². The average Bonchev–Trinajstić information content (AvgIpc) is 3.21. The van der Waals surface area contributed by atoms with Gasteiger partial charge in [-0.25, -0.2) is 0 Å². The molecular weight excluding hydrogens is 282 g/mol. The van der Waals surface area contributed by atoms with Crippen molar-refractivity contribution in [3.8, 4) is 0 Å². The summed E-state index contributed by atoms with van der Waals surface area (Å²) in [6.07, 6.45) is 4.42. The Balaban J connectivity index is 1.51. The molecule has 3 fully saturated rings. The molecule has 0 bridgehead atoms. The molecule has 0 aromatic rings. The summed E-state index contributed by atoms with van der Waals surface area (Å²) < 4.78 is 0. The van der Waals surface area contributed by atoms with E-state index >= 15 is 0 Å². The number of amides is 3. The standard InChI is InChI=1S/C16H23N3O3/c1-10(11-3-4-11)5-14(20)18-8-13(9-18)19-7-12(6-15(19)21)16(22)17-2/h5,11-13H,3-4,6-9H2,1-2H3,(H,17,22)/b10-5+. The zero-order chi connectivity index (χ0) is 15.9. The number of carbonyl (C=O) groups excluding carboxylic acids is 3. The Kier molecular flexibility index (Phi) is 3.93. The molecule has 1 aliphatic carbocycles. The van der Waals surface area contributed by atoms with Crippen LogP contribution in [0.1, 0.15) is 26.2 Å². The number of likely N-dealkylation sites (tertiary alicyclic amines) is 2. The molecule has 3 amide bonds. The van der Waals surface area contributed by atoms with E-state index in [9.17, 15) is 14.4 Å². The second-order valence-electron chi connectivity index (χ2n) is 6.62. The highest BCUT2D eigenvalue weighted by atomic mass is 16.2. The predicted octanol–water partition coefficient (Wildman–Crippen LogP) is 0.148. The topological polar surface area (TPSA) is 69.7 Å². The first-order valence-electron chi connectivity index (χ1n) is 7.97. The number of nitrogens with one attached hydrogen (secondary N) is 1. The Morgan fingerprint density at radius 3 is 2.45 bits per heavy atom. The van der Waals surface area contributed by atoms with Crippen LogP contribution in [0, 0.1) is 11.8 Å². The zero-order valence-corrected chi connectivity index (χ0v) is 13.2. The van der Waals surface area contributed by atoms with Crippen LogP contribution in [0.25, 0.3) is 0 Å². The van der Waals surface area contributed by atoms with Crippen molar-refractivity contribution in [2.45, 2.75) is 32.2 Å². The van der Waals surface area contributed by atoms with Crippen molar-refractivity contribution >= 4 is 17.7 Å².